The summed E-state index contributed by atoms with van der Waals surface area (Å²) >= 11 is 0. The summed E-state index contributed by atoms with van der Waals surface area (Å²) in [7, 11) is 0. The number of ketones is 1. The maximum absolute atomic E-state index is 13.2. The number of rotatable bonds is 5. The molecule has 0 bridgehead atoms. The van der Waals surface area contributed by atoms with Crippen LogP contribution in [0.2, 0.25) is 0 Å². The molecule has 32 heavy (non-hydrogen) atoms. The van der Waals surface area contributed by atoms with Gasteiger partial charge in [-0.05, 0) is 73.6 Å². The predicted molar refractivity (Wildman–Crippen MR) is 117 cm³/mol. The first-order chi connectivity index (χ1) is 15.2. The lowest BCUT2D eigenvalue weighted by Gasteiger charge is -2.60. The van der Waals surface area contributed by atoms with Crippen LogP contribution in [0.3, 0.4) is 0 Å². The lowest BCUT2D eigenvalue weighted by molar-refractivity contribution is -0.180. The monoisotopic (exact) mass is 447 g/mol. The molecule has 0 aliphatic heterocycles. The highest BCUT2D eigenvalue weighted by molar-refractivity contribution is 5.83. The number of aliphatic hydroxyl groups is 2. The molecule has 0 unspecified atom stereocenters. The van der Waals surface area contributed by atoms with Crippen molar-refractivity contribution in [2.75, 3.05) is 0 Å². The third-order valence-electron chi connectivity index (χ3n) is 9.67. The molecular weight excluding hydrogens is 410 g/mol. The number of fused-ring (bicyclic) bond motifs is 5. The first-order valence-electron chi connectivity index (χ1n) is 12.3. The average molecular weight is 448 g/mol. The Balaban J connectivity index is 1.54. The minimum atomic E-state index is -0.815. The molecule has 0 aromatic rings. The Kier molecular flexibility index (Phi) is 6.34. The highest BCUT2D eigenvalue weighted by atomic mass is 16.5. The number of aliphatic hydroxyl groups excluding tert-OH is 2. The van der Waals surface area contributed by atoms with E-state index in [-0.39, 0.29) is 40.5 Å². The van der Waals surface area contributed by atoms with Gasteiger partial charge in [-0.15, -0.1) is 0 Å². The molecule has 0 aromatic heterocycles. The van der Waals surface area contributed by atoms with Crippen molar-refractivity contribution < 1.29 is 24.5 Å². The summed E-state index contributed by atoms with van der Waals surface area (Å²) in [6.07, 6.45) is 4.26. The van der Waals surface area contributed by atoms with Gasteiger partial charge in [-0.2, -0.15) is 0 Å². The van der Waals surface area contributed by atoms with Crippen molar-refractivity contribution in [3.63, 3.8) is 0 Å². The van der Waals surface area contributed by atoms with Crippen molar-refractivity contribution in [1.29, 1.82) is 0 Å². The molecule has 2 N–H and O–H groups in total. The van der Waals surface area contributed by atoms with Crippen LogP contribution in [0.1, 0.15) is 78.6 Å². The highest BCUT2D eigenvalue weighted by Crippen LogP contribution is 2.65. The summed E-state index contributed by atoms with van der Waals surface area (Å²) < 4.78 is 5.96. The second-order valence-corrected chi connectivity index (χ2v) is 11.2. The van der Waals surface area contributed by atoms with Crippen LogP contribution in [-0.2, 0) is 14.3 Å². The Hall–Kier alpha value is -1.63. The van der Waals surface area contributed by atoms with Gasteiger partial charge in [0.2, 0.25) is 0 Å². The number of azide groups is 1. The number of hydrogen-bond acceptors (Lipinski definition) is 6. The zero-order chi connectivity index (χ0) is 23.3. The van der Waals surface area contributed by atoms with E-state index < -0.39 is 24.2 Å². The molecule has 4 aliphatic carbocycles. The highest BCUT2D eigenvalue weighted by Gasteiger charge is 2.63. The molecule has 4 fully saturated rings. The molecular formula is C24H37N3O5. The topological polar surface area (TPSA) is 133 Å². The molecule has 4 saturated carbocycles. The summed E-state index contributed by atoms with van der Waals surface area (Å²) in [6, 6.07) is -0.782. The molecule has 8 heteroatoms. The zero-order valence-corrected chi connectivity index (χ0v) is 19.4. The maximum Gasteiger partial charge on any atom is 0.315 e. The van der Waals surface area contributed by atoms with E-state index in [1.54, 1.807) is 0 Å². The van der Waals surface area contributed by atoms with E-state index >= 15 is 0 Å². The lowest BCUT2D eigenvalue weighted by atomic mass is 9.44. The Morgan fingerprint density at radius 1 is 1.22 bits per heavy atom. The first-order valence-corrected chi connectivity index (χ1v) is 12.3. The van der Waals surface area contributed by atoms with Crippen molar-refractivity contribution in [2.24, 2.45) is 39.6 Å². The Labute approximate surface area is 189 Å². The van der Waals surface area contributed by atoms with E-state index in [0.29, 0.717) is 31.6 Å². The van der Waals surface area contributed by atoms with Crippen molar-refractivity contribution in [3.05, 3.63) is 10.4 Å². The van der Waals surface area contributed by atoms with Gasteiger partial charge in [0.25, 0.3) is 0 Å². The summed E-state index contributed by atoms with van der Waals surface area (Å²) in [4.78, 5) is 28.8. The van der Waals surface area contributed by atoms with Crippen LogP contribution in [0.5, 0.6) is 0 Å². The Morgan fingerprint density at radius 2 is 1.94 bits per heavy atom. The number of carbonyl (C=O) groups excluding carboxylic acids is 2. The quantitative estimate of drug-likeness (QED) is 0.285. The molecule has 0 spiro atoms. The van der Waals surface area contributed by atoms with E-state index in [1.807, 2.05) is 6.92 Å². The van der Waals surface area contributed by atoms with Gasteiger partial charge in [-0.1, -0.05) is 32.3 Å². The van der Waals surface area contributed by atoms with Gasteiger partial charge in [0.05, 0.1) is 12.2 Å². The molecule has 0 amide bonds. The second-order valence-electron chi connectivity index (χ2n) is 11.2. The largest absolute Gasteiger partial charge is 0.461 e. The predicted octanol–water partition coefficient (Wildman–Crippen LogP) is 3.93. The molecule has 178 valence electrons. The fourth-order valence-electron chi connectivity index (χ4n) is 7.99. The van der Waals surface area contributed by atoms with E-state index in [4.69, 9.17) is 10.3 Å². The van der Waals surface area contributed by atoms with E-state index in [2.05, 4.69) is 23.9 Å². The maximum atomic E-state index is 13.2. The number of hydrogen-bond donors (Lipinski definition) is 2. The third-order valence-corrected chi connectivity index (χ3v) is 9.67. The van der Waals surface area contributed by atoms with Crippen LogP contribution < -0.4 is 0 Å². The van der Waals surface area contributed by atoms with E-state index in [9.17, 15) is 19.8 Å². The van der Waals surface area contributed by atoms with Gasteiger partial charge < -0.3 is 14.9 Å². The second kappa shape index (κ2) is 8.62. The molecule has 0 radical (unpaired) electrons. The smallest absolute Gasteiger partial charge is 0.315 e. The van der Waals surface area contributed by atoms with Gasteiger partial charge in [0.15, 0.2) is 0 Å². The van der Waals surface area contributed by atoms with E-state index in [1.165, 1.54) is 0 Å². The van der Waals surface area contributed by atoms with E-state index in [0.717, 1.165) is 32.1 Å². The summed E-state index contributed by atoms with van der Waals surface area (Å²) in [6.45, 7) is 6.28. The molecule has 10 atom stereocenters. The normalized spacial score (nSPS) is 46.3. The van der Waals surface area contributed by atoms with Crippen LogP contribution in [0.4, 0.5) is 0 Å². The van der Waals surface area contributed by atoms with Crippen LogP contribution in [0.25, 0.3) is 10.4 Å². The van der Waals surface area contributed by atoms with Gasteiger partial charge >= 0.3 is 5.97 Å². The average Bonchev–Trinajstić information content (AvgIpc) is 3.06. The molecule has 8 nitrogen and oxygen atoms in total. The standard InChI is InChI=1S/C24H37N3O5/c1-4-5-17(26-27-25)22(31)32-21-7-6-14-13-10-18(28)16-11-19(29)20(30)12-24(16,3)15(13)8-9-23(14,21)2/h13-17,19-21,29-30H,4-12H2,1-3H3/t13-,14-,15-,16+,17-,19-,20+,21-,23-,24+/m0/s1. The molecule has 4 rings (SSSR count). The van der Waals surface area contributed by atoms with Gasteiger partial charge in [0.1, 0.15) is 17.9 Å². The minimum Gasteiger partial charge on any atom is -0.461 e. The van der Waals surface area contributed by atoms with Crippen LogP contribution in [0, 0.1) is 34.5 Å². The Bertz CT molecular complexity index is 813. The fourth-order valence-corrected chi connectivity index (χ4v) is 7.99. The van der Waals surface area contributed by atoms with Crippen molar-refractivity contribution in [3.8, 4) is 0 Å². The first kappa shape index (κ1) is 23.5. The van der Waals surface area contributed by atoms with Crippen molar-refractivity contribution >= 4 is 11.8 Å². The summed E-state index contributed by atoms with van der Waals surface area (Å²) in [5, 5.41) is 24.3. The van der Waals surface area contributed by atoms with Gasteiger partial charge in [-0.3, -0.25) is 9.59 Å². The van der Waals surface area contributed by atoms with Crippen molar-refractivity contribution in [2.45, 2.75) is 103 Å². The SMILES string of the molecule is CCC[C@H](N=[N+]=[N-])C(=O)O[C@H]1CC[C@H]2[C@@H]3CC(=O)[C@H]4C[C@H](O)[C@H](O)C[C@]4(C)[C@H]3CC[C@]12C. The van der Waals surface area contributed by atoms with Crippen LogP contribution >= 0.6 is 0 Å². The number of esters is 1. The third kappa shape index (κ3) is 3.64. The fraction of sp³-hybridized carbons (Fsp3) is 0.917. The molecule has 4 aliphatic rings. The molecule has 0 aromatic carbocycles. The van der Waals surface area contributed by atoms with Crippen LogP contribution in [-0.4, -0.2) is 46.3 Å². The van der Waals surface area contributed by atoms with Gasteiger partial charge in [-0.25, -0.2) is 0 Å². The van der Waals surface area contributed by atoms with Crippen molar-refractivity contribution in [1.82, 2.24) is 0 Å². The zero-order valence-electron chi connectivity index (χ0n) is 19.4. The Morgan fingerprint density at radius 3 is 2.62 bits per heavy atom. The summed E-state index contributed by atoms with van der Waals surface area (Å²) in [5.41, 5.74) is 8.32. The molecule has 0 saturated heterocycles. The van der Waals surface area contributed by atoms with Crippen LogP contribution in [0.15, 0.2) is 5.11 Å². The number of Topliss-reactive ketones (excluding diaryl/α,β-unsaturated/α-hetero) is 1. The number of nitrogens with zero attached hydrogens (tertiary/aromatic N) is 3. The van der Waals surface area contributed by atoms with Gasteiger partial charge in [0, 0.05) is 22.7 Å². The number of carbonyl (C=O) groups is 2. The number of ether oxygens (including phenoxy) is 1. The minimum absolute atomic E-state index is 0.180. The summed E-state index contributed by atoms with van der Waals surface area (Å²) in [5.74, 6) is 0.438. The molecule has 0 heterocycles. The lowest BCUT2D eigenvalue weighted by Crippen LogP contribution is -2.59.